The standard InChI is InChI=1S/C21H20ClNO3S/c22-18-10-8-17(9-11-18)5-4-16-23-27(24,25)21-14-12-20(13-15-21)26-19-6-2-1-3-7-19/h1-3,6-15,23H,4-5,16H2. The number of halogens is 1. The molecule has 3 aromatic rings. The lowest BCUT2D eigenvalue weighted by molar-refractivity contribution is 0.482. The Hall–Kier alpha value is -2.34. The van der Waals surface area contributed by atoms with E-state index in [-0.39, 0.29) is 4.90 Å². The minimum Gasteiger partial charge on any atom is -0.457 e. The zero-order chi connectivity index (χ0) is 19.1. The predicted octanol–water partition coefficient (Wildman–Crippen LogP) is 5.04. The number of para-hydroxylation sites is 1. The maximum atomic E-state index is 12.4. The summed E-state index contributed by atoms with van der Waals surface area (Å²) in [7, 11) is -3.54. The van der Waals surface area contributed by atoms with Gasteiger partial charge in [0, 0.05) is 11.6 Å². The number of benzene rings is 3. The van der Waals surface area contributed by atoms with Gasteiger partial charge in [-0.25, -0.2) is 13.1 Å². The molecular weight excluding hydrogens is 382 g/mol. The lowest BCUT2D eigenvalue weighted by atomic mass is 10.1. The second kappa shape index (κ2) is 9.04. The highest BCUT2D eigenvalue weighted by molar-refractivity contribution is 7.89. The number of nitrogens with one attached hydrogen (secondary N) is 1. The van der Waals surface area contributed by atoms with Gasteiger partial charge in [0.05, 0.1) is 4.90 Å². The van der Waals surface area contributed by atoms with E-state index in [9.17, 15) is 8.42 Å². The summed E-state index contributed by atoms with van der Waals surface area (Å²) in [5, 5.41) is 0.694. The average Bonchev–Trinajstić information content (AvgIpc) is 2.68. The van der Waals surface area contributed by atoms with Crippen LogP contribution >= 0.6 is 11.6 Å². The van der Waals surface area contributed by atoms with Gasteiger partial charge in [0.2, 0.25) is 10.0 Å². The van der Waals surface area contributed by atoms with E-state index < -0.39 is 10.0 Å². The molecule has 6 heteroatoms. The number of aryl methyl sites for hydroxylation is 1. The molecule has 0 fully saturated rings. The molecule has 4 nitrogen and oxygen atoms in total. The fourth-order valence-corrected chi connectivity index (χ4v) is 3.75. The summed E-state index contributed by atoms with van der Waals surface area (Å²) in [6.45, 7) is 0.368. The first kappa shape index (κ1) is 19.4. The Morgan fingerprint density at radius 2 is 1.44 bits per heavy atom. The molecule has 0 aliphatic heterocycles. The molecule has 0 aliphatic rings. The fraction of sp³-hybridized carbons (Fsp3) is 0.143. The Morgan fingerprint density at radius 3 is 2.11 bits per heavy atom. The van der Waals surface area contributed by atoms with E-state index in [1.54, 1.807) is 24.3 Å². The molecule has 0 unspecified atom stereocenters. The van der Waals surface area contributed by atoms with Crippen LogP contribution < -0.4 is 9.46 Å². The Bertz CT molecular complexity index is 957. The highest BCUT2D eigenvalue weighted by atomic mass is 35.5. The Balaban J connectivity index is 1.52. The lowest BCUT2D eigenvalue weighted by Gasteiger charge is -2.09. The number of hydrogen-bond donors (Lipinski definition) is 1. The van der Waals surface area contributed by atoms with Crippen LogP contribution in [0.15, 0.2) is 83.8 Å². The monoisotopic (exact) mass is 401 g/mol. The highest BCUT2D eigenvalue weighted by Gasteiger charge is 2.13. The van der Waals surface area contributed by atoms with Gasteiger partial charge in [-0.15, -0.1) is 0 Å². The van der Waals surface area contributed by atoms with E-state index in [2.05, 4.69) is 4.72 Å². The number of sulfonamides is 1. The van der Waals surface area contributed by atoms with Gasteiger partial charge in [-0.05, 0) is 66.9 Å². The molecule has 3 rings (SSSR count). The second-order valence-corrected chi connectivity index (χ2v) is 8.22. The molecule has 140 valence electrons. The summed E-state index contributed by atoms with van der Waals surface area (Å²) in [5.41, 5.74) is 1.13. The number of hydrogen-bond acceptors (Lipinski definition) is 3. The molecule has 0 aliphatic carbocycles. The largest absolute Gasteiger partial charge is 0.457 e. The first-order chi connectivity index (χ1) is 13.0. The van der Waals surface area contributed by atoms with E-state index >= 15 is 0 Å². The maximum Gasteiger partial charge on any atom is 0.240 e. The van der Waals surface area contributed by atoms with Gasteiger partial charge in [-0.3, -0.25) is 0 Å². The van der Waals surface area contributed by atoms with Crippen LogP contribution in [-0.2, 0) is 16.4 Å². The van der Waals surface area contributed by atoms with E-state index in [1.807, 2.05) is 54.6 Å². The zero-order valence-corrected chi connectivity index (χ0v) is 16.2. The molecule has 0 saturated carbocycles. The third-order valence-corrected chi connectivity index (χ3v) is 5.69. The summed E-state index contributed by atoms with van der Waals surface area (Å²) >= 11 is 5.86. The molecule has 0 bridgehead atoms. The Labute approximate surface area is 164 Å². The Morgan fingerprint density at radius 1 is 0.815 bits per heavy atom. The molecule has 0 amide bonds. The summed E-state index contributed by atoms with van der Waals surface area (Å²) in [6.07, 6.45) is 1.49. The van der Waals surface area contributed by atoms with Gasteiger partial charge >= 0.3 is 0 Å². The number of rotatable bonds is 8. The lowest BCUT2D eigenvalue weighted by Crippen LogP contribution is -2.25. The van der Waals surface area contributed by atoms with Crippen molar-refractivity contribution >= 4 is 21.6 Å². The molecule has 0 atom stereocenters. The van der Waals surface area contributed by atoms with Crippen molar-refractivity contribution in [2.24, 2.45) is 0 Å². The molecule has 0 radical (unpaired) electrons. The van der Waals surface area contributed by atoms with Crippen LogP contribution in [0.3, 0.4) is 0 Å². The minimum atomic E-state index is -3.54. The summed E-state index contributed by atoms with van der Waals surface area (Å²) in [4.78, 5) is 0.217. The van der Waals surface area contributed by atoms with Gasteiger partial charge in [-0.1, -0.05) is 41.9 Å². The van der Waals surface area contributed by atoms with Crippen LogP contribution in [0.4, 0.5) is 0 Å². The second-order valence-electron chi connectivity index (χ2n) is 6.01. The average molecular weight is 402 g/mol. The van der Waals surface area contributed by atoms with Crippen LogP contribution in [0.2, 0.25) is 5.02 Å². The van der Waals surface area contributed by atoms with Crippen molar-refractivity contribution in [3.63, 3.8) is 0 Å². The summed E-state index contributed by atoms with van der Waals surface area (Å²) in [5.74, 6) is 1.29. The van der Waals surface area contributed by atoms with Crippen molar-refractivity contribution in [3.8, 4) is 11.5 Å². The number of ether oxygens (including phenoxy) is 1. The molecule has 27 heavy (non-hydrogen) atoms. The topological polar surface area (TPSA) is 55.4 Å². The molecule has 1 N–H and O–H groups in total. The van der Waals surface area contributed by atoms with Crippen molar-refractivity contribution in [1.29, 1.82) is 0 Å². The summed E-state index contributed by atoms with van der Waals surface area (Å²) in [6, 6.07) is 23.3. The molecule has 0 aromatic heterocycles. The van der Waals surface area contributed by atoms with Crippen LogP contribution in [0.1, 0.15) is 12.0 Å². The van der Waals surface area contributed by atoms with Crippen LogP contribution in [0.25, 0.3) is 0 Å². The normalized spacial score (nSPS) is 11.3. The van der Waals surface area contributed by atoms with Crippen molar-refractivity contribution in [2.75, 3.05) is 6.54 Å². The van der Waals surface area contributed by atoms with Gasteiger partial charge in [0.15, 0.2) is 0 Å². The van der Waals surface area contributed by atoms with Gasteiger partial charge in [-0.2, -0.15) is 0 Å². The van der Waals surface area contributed by atoms with Gasteiger partial charge in [0.1, 0.15) is 11.5 Å². The fourth-order valence-electron chi connectivity index (χ4n) is 2.54. The van der Waals surface area contributed by atoms with Gasteiger partial charge in [0.25, 0.3) is 0 Å². The SMILES string of the molecule is O=S(=O)(NCCCc1ccc(Cl)cc1)c1ccc(Oc2ccccc2)cc1. The van der Waals surface area contributed by atoms with E-state index in [1.165, 1.54) is 0 Å². The van der Waals surface area contributed by atoms with Crippen molar-refractivity contribution < 1.29 is 13.2 Å². The van der Waals surface area contributed by atoms with E-state index in [0.717, 1.165) is 12.0 Å². The third-order valence-electron chi connectivity index (χ3n) is 3.96. The van der Waals surface area contributed by atoms with Gasteiger partial charge < -0.3 is 4.74 Å². The molecule has 0 heterocycles. The van der Waals surface area contributed by atoms with Crippen molar-refractivity contribution in [1.82, 2.24) is 4.72 Å². The first-order valence-corrected chi connectivity index (χ1v) is 10.5. The van der Waals surface area contributed by atoms with Crippen molar-refractivity contribution in [3.05, 3.63) is 89.4 Å². The van der Waals surface area contributed by atoms with E-state index in [0.29, 0.717) is 29.5 Å². The maximum absolute atomic E-state index is 12.4. The molecule has 3 aromatic carbocycles. The Kier molecular flexibility index (Phi) is 6.50. The molecule has 0 spiro atoms. The predicted molar refractivity (Wildman–Crippen MR) is 108 cm³/mol. The first-order valence-electron chi connectivity index (χ1n) is 8.60. The third kappa shape index (κ3) is 5.82. The van der Waals surface area contributed by atoms with E-state index in [4.69, 9.17) is 16.3 Å². The van der Waals surface area contributed by atoms with Crippen LogP contribution in [-0.4, -0.2) is 15.0 Å². The van der Waals surface area contributed by atoms with Crippen LogP contribution in [0, 0.1) is 0 Å². The van der Waals surface area contributed by atoms with Crippen molar-refractivity contribution in [2.45, 2.75) is 17.7 Å². The molecular formula is C21H20ClNO3S. The highest BCUT2D eigenvalue weighted by Crippen LogP contribution is 2.22. The molecule has 0 saturated heterocycles. The zero-order valence-electron chi connectivity index (χ0n) is 14.6. The minimum absolute atomic E-state index is 0.217. The quantitative estimate of drug-likeness (QED) is 0.538. The summed E-state index contributed by atoms with van der Waals surface area (Å²) < 4.78 is 33.1. The smallest absolute Gasteiger partial charge is 0.240 e. The van der Waals surface area contributed by atoms with Crippen LogP contribution in [0.5, 0.6) is 11.5 Å².